The summed E-state index contributed by atoms with van der Waals surface area (Å²) >= 11 is 0. The van der Waals surface area contributed by atoms with Crippen LogP contribution in [0.1, 0.15) is 54.7 Å². The number of fused-ring (bicyclic) bond motifs is 1. The topological polar surface area (TPSA) is 96.7 Å². The second-order valence-corrected chi connectivity index (χ2v) is 7.35. The van der Waals surface area contributed by atoms with Crippen molar-refractivity contribution in [1.82, 2.24) is 4.90 Å². The quantitative estimate of drug-likeness (QED) is 0.405. The molecule has 4 rings (SSSR count). The molecule has 33 heavy (non-hydrogen) atoms. The maximum Gasteiger partial charge on any atom is 0.342 e. The Balaban J connectivity index is 1.56. The molecular weight excluding hydrogens is 420 g/mol. The molecule has 0 aliphatic carbocycles. The van der Waals surface area contributed by atoms with E-state index in [1.807, 2.05) is 0 Å². The van der Waals surface area contributed by atoms with Crippen molar-refractivity contribution >= 4 is 17.8 Å². The molecule has 1 aliphatic heterocycles. The molecule has 0 bridgehead atoms. The molecule has 1 heterocycles. The first-order valence-electron chi connectivity index (χ1n) is 10.4. The Labute approximate surface area is 190 Å². The standard InChI is InChI=1S/C26H20N2O5/c1-2-32-23-12-11-17(15-28-24(29)20-9-5-6-10-21(20)25(28)30)13-22(23)26(31)33-16-19-8-4-3-7-18(19)14-27/h3-13H,2,15-16H2,1H3. The Hall–Kier alpha value is -4.44. The second-order valence-electron chi connectivity index (χ2n) is 7.35. The summed E-state index contributed by atoms with van der Waals surface area (Å²) in [6.07, 6.45) is 0. The Morgan fingerprint density at radius 3 is 2.30 bits per heavy atom. The van der Waals surface area contributed by atoms with Crippen LogP contribution in [-0.4, -0.2) is 29.3 Å². The minimum atomic E-state index is -0.629. The molecule has 0 unspecified atom stereocenters. The fraction of sp³-hybridized carbons (Fsp3) is 0.154. The largest absolute Gasteiger partial charge is 0.493 e. The molecule has 164 valence electrons. The highest BCUT2D eigenvalue weighted by Crippen LogP contribution is 2.27. The monoisotopic (exact) mass is 440 g/mol. The summed E-state index contributed by atoms with van der Waals surface area (Å²) in [5, 5.41) is 9.22. The van der Waals surface area contributed by atoms with Crippen molar-refractivity contribution in [3.8, 4) is 11.8 Å². The average Bonchev–Trinajstić information content (AvgIpc) is 3.08. The first kappa shape index (κ1) is 21.8. The highest BCUT2D eigenvalue weighted by Gasteiger charge is 2.35. The molecular formula is C26H20N2O5. The zero-order valence-electron chi connectivity index (χ0n) is 17.9. The van der Waals surface area contributed by atoms with Crippen molar-refractivity contribution in [2.45, 2.75) is 20.1 Å². The highest BCUT2D eigenvalue weighted by molar-refractivity contribution is 6.21. The van der Waals surface area contributed by atoms with Crippen molar-refractivity contribution in [2.75, 3.05) is 6.61 Å². The molecule has 0 saturated heterocycles. The van der Waals surface area contributed by atoms with Gasteiger partial charge in [0.15, 0.2) is 0 Å². The number of nitriles is 1. The first-order valence-corrected chi connectivity index (χ1v) is 10.4. The molecule has 0 saturated carbocycles. The number of hydrogen-bond donors (Lipinski definition) is 0. The summed E-state index contributed by atoms with van der Waals surface area (Å²) in [7, 11) is 0. The van der Waals surface area contributed by atoms with E-state index < -0.39 is 5.97 Å². The lowest BCUT2D eigenvalue weighted by atomic mass is 10.1. The first-order chi connectivity index (χ1) is 16.0. The van der Waals surface area contributed by atoms with Gasteiger partial charge in [0.1, 0.15) is 17.9 Å². The van der Waals surface area contributed by atoms with Gasteiger partial charge in [-0.15, -0.1) is 0 Å². The van der Waals surface area contributed by atoms with Gasteiger partial charge in [-0.1, -0.05) is 36.4 Å². The summed E-state index contributed by atoms with van der Waals surface area (Å²) in [6, 6.07) is 20.5. The van der Waals surface area contributed by atoms with Crippen LogP contribution < -0.4 is 4.74 Å². The number of ether oxygens (including phenoxy) is 2. The van der Waals surface area contributed by atoms with Crippen LogP contribution in [0.5, 0.6) is 5.75 Å². The number of nitrogens with zero attached hydrogens (tertiary/aromatic N) is 2. The lowest BCUT2D eigenvalue weighted by Crippen LogP contribution is -2.29. The van der Waals surface area contributed by atoms with Gasteiger partial charge in [-0.2, -0.15) is 5.26 Å². The number of rotatable bonds is 7. The van der Waals surface area contributed by atoms with Crippen LogP contribution in [0.25, 0.3) is 0 Å². The predicted molar refractivity (Wildman–Crippen MR) is 119 cm³/mol. The number of carbonyl (C=O) groups is 3. The maximum atomic E-state index is 12.9. The average molecular weight is 440 g/mol. The number of imide groups is 1. The van der Waals surface area contributed by atoms with Gasteiger partial charge in [0.25, 0.3) is 11.8 Å². The molecule has 7 heteroatoms. The molecule has 0 spiro atoms. The van der Waals surface area contributed by atoms with Crippen molar-refractivity contribution in [1.29, 1.82) is 5.26 Å². The molecule has 0 aromatic heterocycles. The van der Waals surface area contributed by atoms with Crippen LogP contribution in [0.3, 0.4) is 0 Å². The fourth-order valence-corrected chi connectivity index (χ4v) is 3.66. The van der Waals surface area contributed by atoms with E-state index in [2.05, 4.69) is 6.07 Å². The van der Waals surface area contributed by atoms with Gasteiger partial charge in [-0.05, 0) is 42.8 Å². The molecule has 2 amide bonds. The van der Waals surface area contributed by atoms with Gasteiger partial charge in [0.05, 0.1) is 35.9 Å². The number of hydrogen-bond acceptors (Lipinski definition) is 6. The SMILES string of the molecule is CCOc1ccc(CN2C(=O)c3ccccc3C2=O)cc1C(=O)OCc1ccccc1C#N. The summed E-state index contributed by atoms with van der Waals surface area (Å²) in [4.78, 5) is 39.4. The predicted octanol–water partition coefficient (Wildman–Crippen LogP) is 4.11. The second kappa shape index (κ2) is 9.37. The number of amides is 2. The van der Waals surface area contributed by atoms with Gasteiger partial charge in [-0.25, -0.2) is 4.79 Å². The third-order valence-electron chi connectivity index (χ3n) is 5.28. The van der Waals surface area contributed by atoms with Gasteiger partial charge >= 0.3 is 5.97 Å². The van der Waals surface area contributed by atoms with Gasteiger partial charge in [0, 0.05) is 5.56 Å². The molecule has 1 aliphatic rings. The minimum absolute atomic E-state index is 0.0102. The van der Waals surface area contributed by atoms with E-state index in [4.69, 9.17) is 9.47 Å². The molecule has 0 fully saturated rings. The van der Waals surface area contributed by atoms with Crippen LogP contribution in [0.4, 0.5) is 0 Å². The zero-order valence-corrected chi connectivity index (χ0v) is 17.9. The van der Waals surface area contributed by atoms with E-state index in [0.29, 0.717) is 40.2 Å². The number of benzene rings is 3. The van der Waals surface area contributed by atoms with E-state index in [-0.39, 0.29) is 30.5 Å². The Bertz CT molecular complexity index is 1260. The molecule has 0 radical (unpaired) electrons. The highest BCUT2D eigenvalue weighted by atomic mass is 16.5. The van der Waals surface area contributed by atoms with Crippen molar-refractivity contribution in [2.24, 2.45) is 0 Å². The Kier molecular flexibility index (Phi) is 6.18. The zero-order chi connectivity index (χ0) is 23.4. The van der Waals surface area contributed by atoms with Gasteiger partial charge < -0.3 is 9.47 Å². The fourth-order valence-electron chi connectivity index (χ4n) is 3.66. The van der Waals surface area contributed by atoms with Crippen molar-refractivity contribution in [3.63, 3.8) is 0 Å². The van der Waals surface area contributed by atoms with Crippen LogP contribution in [0.15, 0.2) is 66.7 Å². The van der Waals surface area contributed by atoms with E-state index in [0.717, 1.165) is 4.90 Å². The van der Waals surface area contributed by atoms with E-state index in [9.17, 15) is 19.6 Å². The third-order valence-corrected chi connectivity index (χ3v) is 5.28. The summed E-state index contributed by atoms with van der Waals surface area (Å²) in [5.41, 5.74) is 2.51. The summed E-state index contributed by atoms with van der Waals surface area (Å²) in [5.74, 6) is -1.04. The molecule has 0 N–H and O–H groups in total. The van der Waals surface area contributed by atoms with Gasteiger partial charge in [0.2, 0.25) is 0 Å². The number of esters is 1. The Morgan fingerprint density at radius 2 is 1.64 bits per heavy atom. The lowest BCUT2D eigenvalue weighted by Gasteiger charge is -2.16. The Morgan fingerprint density at radius 1 is 0.970 bits per heavy atom. The van der Waals surface area contributed by atoms with Gasteiger partial charge in [-0.3, -0.25) is 14.5 Å². The van der Waals surface area contributed by atoms with Crippen molar-refractivity contribution < 1.29 is 23.9 Å². The lowest BCUT2D eigenvalue weighted by molar-refractivity contribution is 0.0467. The molecule has 7 nitrogen and oxygen atoms in total. The molecule has 3 aromatic rings. The summed E-state index contributed by atoms with van der Waals surface area (Å²) in [6.45, 7) is 2.08. The van der Waals surface area contributed by atoms with Crippen LogP contribution >= 0.6 is 0 Å². The maximum absolute atomic E-state index is 12.9. The smallest absolute Gasteiger partial charge is 0.342 e. The van der Waals surface area contributed by atoms with Crippen LogP contribution in [0, 0.1) is 11.3 Å². The van der Waals surface area contributed by atoms with Crippen LogP contribution in [-0.2, 0) is 17.9 Å². The number of carbonyl (C=O) groups excluding carboxylic acids is 3. The third kappa shape index (κ3) is 4.32. The normalized spacial score (nSPS) is 12.3. The molecule has 3 aromatic carbocycles. The van der Waals surface area contributed by atoms with Crippen LogP contribution in [0.2, 0.25) is 0 Å². The van der Waals surface area contributed by atoms with E-state index in [1.54, 1.807) is 73.7 Å². The van der Waals surface area contributed by atoms with Crippen molar-refractivity contribution in [3.05, 3.63) is 100 Å². The van der Waals surface area contributed by atoms with E-state index in [1.165, 1.54) is 0 Å². The van der Waals surface area contributed by atoms with E-state index >= 15 is 0 Å². The minimum Gasteiger partial charge on any atom is -0.493 e. The summed E-state index contributed by atoms with van der Waals surface area (Å²) < 4.78 is 11.0. The molecule has 0 atom stereocenters.